The molecule has 0 atom stereocenters. The molecule has 2 aromatic rings. The molecule has 0 heterocycles. The number of rotatable bonds is 8. The van der Waals surface area contributed by atoms with Gasteiger partial charge in [-0.2, -0.15) is 0 Å². The maximum Gasteiger partial charge on any atom is 0.257 e. The summed E-state index contributed by atoms with van der Waals surface area (Å²) >= 11 is 0. The molecule has 0 radical (unpaired) electrons. The summed E-state index contributed by atoms with van der Waals surface area (Å²) < 4.78 is 5.76. The first-order chi connectivity index (χ1) is 12.0. The van der Waals surface area contributed by atoms with E-state index in [-0.39, 0.29) is 12.5 Å². The number of aryl methyl sites for hydroxylation is 3. The van der Waals surface area contributed by atoms with Gasteiger partial charge in [-0.1, -0.05) is 55.8 Å². The Hall–Kier alpha value is -2.29. The molecule has 0 saturated heterocycles. The molecule has 0 aliphatic heterocycles. The molecular weight excluding hydrogens is 310 g/mol. The average Bonchev–Trinajstić information content (AvgIpc) is 2.57. The van der Waals surface area contributed by atoms with Gasteiger partial charge in [0.15, 0.2) is 6.61 Å². The van der Waals surface area contributed by atoms with E-state index in [2.05, 4.69) is 62.5 Å². The summed E-state index contributed by atoms with van der Waals surface area (Å²) in [5.41, 5.74) is 4.86. The largest absolute Gasteiger partial charge is 0.483 e. The highest BCUT2D eigenvalue weighted by atomic mass is 16.5. The van der Waals surface area contributed by atoms with Gasteiger partial charge in [0, 0.05) is 6.54 Å². The number of carbonyl (C=O) groups is 1. The van der Waals surface area contributed by atoms with Crippen LogP contribution in [0.25, 0.3) is 0 Å². The molecule has 0 spiro atoms. The number of hydrogen-bond donors (Lipinski definition) is 1. The molecule has 0 aliphatic carbocycles. The van der Waals surface area contributed by atoms with E-state index >= 15 is 0 Å². The highest BCUT2D eigenvalue weighted by Gasteiger charge is 2.10. The van der Waals surface area contributed by atoms with Crippen molar-refractivity contribution in [1.29, 1.82) is 0 Å². The third-order valence-corrected chi connectivity index (χ3v) is 4.20. The van der Waals surface area contributed by atoms with E-state index < -0.39 is 0 Å². The monoisotopic (exact) mass is 339 g/mol. The minimum absolute atomic E-state index is 0.0631. The Morgan fingerprint density at radius 3 is 2.56 bits per heavy atom. The lowest BCUT2D eigenvalue weighted by Gasteiger charge is -2.14. The lowest BCUT2D eigenvalue weighted by atomic mass is 10.0. The topological polar surface area (TPSA) is 38.3 Å². The Balaban J connectivity index is 1.75. The fourth-order valence-electron chi connectivity index (χ4n) is 2.83. The molecular formula is C22H29NO2. The van der Waals surface area contributed by atoms with Crippen LogP contribution in [0.2, 0.25) is 0 Å². The van der Waals surface area contributed by atoms with Gasteiger partial charge >= 0.3 is 0 Å². The van der Waals surface area contributed by atoms with E-state index in [1.54, 1.807) is 0 Å². The summed E-state index contributed by atoms with van der Waals surface area (Å²) in [6, 6.07) is 14.6. The number of carbonyl (C=O) groups excluding carboxylic acids is 1. The van der Waals surface area contributed by atoms with Crippen molar-refractivity contribution in [3.05, 3.63) is 64.7 Å². The second-order valence-electron chi connectivity index (χ2n) is 6.93. The van der Waals surface area contributed by atoms with Crippen LogP contribution in [0, 0.1) is 13.8 Å². The van der Waals surface area contributed by atoms with Crippen LogP contribution in [-0.4, -0.2) is 19.1 Å². The van der Waals surface area contributed by atoms with Crippen molar-refractivity contribution in [2.24, 2.45) is 0 Å². The third-order valence-electron chi connectivity index (χ3n) is 4.20. The van der Waals surface area contributed by atoms with Gasteiger partial charge in [-0.05, 0) is 55.4 Å². The molecule has 1 amide bonds. The quantitative estimate of drug-likeness (QED) is 0.716. The predicted octanol–water partition coefficient (Wildman–Crippen LogP) is 4.55. The van der Waals surface area contributed by atoms with Gasteiger partial charge in [-0.3, -0.25) is 4.79 Å². The SMILES string of the molecule is Cc1cccc(CCCNC(=O)COc2cc(C)ccc2C(C)C)c1. The van der Waals surface area contributed by atoms with Gasteiger partial charge in [0.1, 0.15) is 5.75 Å². The van der Waals surface area contributed by atoms with Gasteiger partial charge in [0.25, 0.3) is 5.91 Å². The minimum atomic E-state index is -0.0690. The Kier molecular flexibility index (Phi) is 7.05. The molecule has 0 fully saturated rings. The molecule has 2 aromatic carbocycles. The standard InChI is InChI=1S/C22H29NO2/c1-16(2)20-11-10-18(4)14-21(20)25-15-22(24)23-12-6-9-19-8-5-7-17(3)13-19/h5,7-8,10-11,13-14,16H,6,9,12,15H2,1-4H3,(H,23,24). The Bertz CT molecular complexity index is 707. The highest BCUT2D eigenvalue weighted by Crippen LogP contribution is 2.27. The van der Waals surface area contributed by atoms with Crippen molar-refractivity contribution in [3.63, 3.8) is 0 Å². The molecule has 3 heteroatoms. The first-order valence-corrected chi connectivity index (χ1v) is 9.01. The lowest BCUT2D eigenvalue weighted by Crippen LogP contribution is -2.30. The van der Waals surface area contributed by atoms with Gasteiger partial charge < -0.3 is 10.1 Å². The Labute approximate surface area is 151 Å². The van der Waals surface area contributed by atoms with Crippen molar-refractivity contribution in [1.82, 2.24) is 5.32 Å². The van der Waals surface area contributed by atoms with E-state index in [9.17, 15) is 4.79 Å². The van der Waals surface area contributed by atoms with Crippen LogP contribution < -0.4 is 10.1 Å². The zero-order chi connectivity index (χ0) is 18.2. The van der Waals surface area contributed by atoms with Gasteiger partial charge in [-0.25, -0.2) is 0 Å². The molecule has 25 heavy (non-hydrogen) atoms. The van der Waals surface area contributed by atoms with Crippen LogP contribution in [0.5, 0.6) is 5.75 Å². The average molecular weight is 339 g/mol. The van der Waals surface area contributed by atoms with Gasteiger partial charge in [0.2, 0.25) is 0 Å². The first kappa shape index (κ1) is 19.0. The maximum atomic E-state index is 12.0. The smallest absolute Gasteiger partial charge is 0.257 e. The van der Waals surface area contributed by atoms with Gasteiger partial charge in [-0.15, -0.1) is 0 Å². The zero-order valence-corrected chi connectivity index (χ0v) is 15.8. The van der Waals surface area contributed by atoms with E-state index in [1.807, 2.05) is 13.0 Å². The fourth-order valence-corrected chi connectivity index (χ4v) is 2.83. The minimum Gasteiger partial charge on any atom is -0.483 e. The van der Waals surface area contributed by atoms with Crippen molar-refractivity contribution in [2.75, 3.05) is 13.2 Å². The summed E-state index contributed by atoms with van der Waals surface area (Å²) in [5, 5.41) is 2.94. The van der Waals surface area contributed by atoms with Crippen LogP contribution in [0.15, 0.2) is 42.5 Å². The summed E-state index contributed by atoms with van der Waals surface area (Å²) in [7, 11) is 0. The zero-order valence-electron chi connectivity index (χ0n) is 15.8. The summed E-state index contributed by atoms with van der Waals surface area (Å²) in [6.45, 7) is 9.11. The second-order valence-corrected chi connectivity index (χ2v) is 6.93. The van der Waals surface area contributed by atoms with Gasteiger partial charge in [0.05, 0.1) is 0 Å². The molecule has 0 aromatic heterocycles. The van der Waals surface area contributed by atoms with Crippen LogP contribution in [0.4, 0.5) is 0 Å². The highest BCUT2D eigenvalue weighted by molar-refractivity contribution is 5.77. The molecule has 0 aliphatic rings. The predicted molar refractivity (Wildman–Crippen MR) is 103 cm³/mol. The van der Waals surface area contributed by atoms with Crippen LogP contribution in [0.1, 0.15) is 48.4 Å². The summed E-state index contributed by atoms with van der Waals surface area (Å²) in [6.07, 6.45) is 1.90. The molecule has 3 nitrogen and oxygen atoms in total. The summed E-state index contributed by atoms with van der Waals surface area (Å²) in [4.78, 5) is 12.0. The van der Waals surface area contributed by atoms with Crippen LogP contribution in [0.3, 0.4) is 0 Å². The molecule has 0 bridgehead atoms. The van der Waals surface area contributed by atoms with E-state index in [1.165, 1.54) is 11.1 Å². The van der Waals surface area contributed by atoms with Crippen molar-refractivity contribution < 1.29 is 9.53 Å². The number of ether oxygens (including phenoxy) is 1. The molecule has 1 N–H and O–H groups in total. The lowest BCUT2D eigenvalue weighted by molar-refractivity contribution is -0.123. The van der Waals surface area contributed by atoms with Crippen molar-refractivity contribution in [2.45, 2.75) is 46.5 Å². The van der Waals surface area contributed by atoms with Crippen molar-refractivity contribution >= 4 is 5.91 Å². The van der Waals surface area contributed by atoms with E-state index in [4.69, 9.17) is 4.74 Å². The van der Waals surface area contributed by atoms with E-state index in [0.717, 1.165) is 29.7 Å². The Morgan fingerprint density at radius 2 is 1.84 bits per heavy atom. The number of hydrogen-bond acceptors (Lipinski definition) is 2. The molecule has 0 unspecified atom stereocenters. The normalized spacial score (nSPS) is 10.8. The number of benzene rings is 2. The molecule has 134 valence electrons. The summed E-state index contributed by atoms with van der Waals surface area (Å²) in [5.74, 6) is 1.11. The number of amides is 1. The second kappa shape index (κ2) is 9.26. The van der Waals surface area contributed by atoms with Crippen molar-refractivity contribution in [3.8, 4) is 5.75 Å². The molecule has 2 rings (SSSR count). The third kappa shape index (κ3) is 6.26. The van der Waals surface area contributed by atoms with Crippen LogP contribution in [-0.2, 0) is 11.2 Å². The maximum absolute atomic E-state index is 12.0. The van der Waals surface area contributed by atoms with E-state index in [0.29, 0.717) is 12.5 Å². The van der Waals surface area contributed by atoms with Crippen LogP contribution >= 0.6 is 0 Å². The Morgan fingerprint density at radius 1 is 1.08 bits per heavy atom. The first-order valence-electron chi connectivity index (χ1n) is 9.01. The number of nitrogens with one attached hydrogen (secondary N) is 1. The fraction of sp³-hybridized carbons (Fsp3) is 0.409. The molecule has 0 saturated carbocycles.